The van der Waals surface area contributed by atoms with Gasteiger partial charge in [0.15, 0.2) is 9.84 Å². The molecule has 200 valence electrons. The van der Waals surface area contributed by atoms with Crippen LogP contribution in [0.4, 0.5) is 13.2 Å². The first-order chi connectivity index (χ1) is 17.8. The van der Waals surface area contributed by atoms with Crippen molar-refractivity contribution < 1.29 is 34.7 Å². The van der Waals surface area contributed by atoms with Crippen molar-refractivity contribution in [2.75, 3.05) is 18.6 Å². The first-order valence-corrected chi connectivity index (χ1v) is 14.9. The molecule has 0 fully saturated rings. The number of halogens is 3. The summed E-state index contributed by atoms with van der Waals surface area (Å²) in [5.41, 5.74) is 0.143. The number of rotatable bonds is 9. The van der Waals surface area contributed by atoms with Gasteiger partial charge < -0.3 is 4.74 Å². The summed E-state index contributed by atoms with van der Waals surface area (Å²) in [6.45, 7) is -0.00476. The van der Waals surface area contributed by atoms with Crippen LogP contribution in [0.5, 0.6) is 11.5 Å². The Morgan fingerprint density at radius 2 is 1.58 bits per heavy atom. The number of hydrogen-bond acceptors (Lipinski definition) is 6. The van der Waals surface area contributed by atoms with E-state index in [9.17, 15) is 30.0 Å². The lowest BCUT2D eigenvalue weighted by atomic mass is 9.99. The van der Waals surface area contributed by atoms with Crippen molar-refractivity contribution in [3.8, 4) is 22.6 Å². The van der Waals surface area contributed by atoms with E-state index >= 15 is 0 Å². The summed E-state index contributed by atoms with van der Waals surface area (Å²) in [5.74, 6) is 0.339. The highest BCUT2D eigenvalue weighted by atomic mass is 32.2. The van der Waals surface area contributed by atoms with Gasteiger partial charge in [0.05, 0.1) is 28.0 Å². The van der Waals surface area contributed by atoms with Crippen LogP contribution in [0.25, 0.3) is 22.0 Å². The molecule has 0 spiro atoms. The molecular weight excluding hydrogens is 541 g/mol. The summed E-state index contributed by atoms with van der Waals surface area (Å²) in [4.78, 5) is 3.97. The number of sulfonamides is 1. The molecule has 0 amide bonds. The van der Waals surface area contributed by atoms with Gasteiger partial charge in [-0.1, -0.05) is 30.3 Å². The minimum absolute atomic E-state index is 0.00476. The molecule has 0 saturated heterocycles. The zero-order valence-electron chi connectivity index (χ0n) is 20.1. The fourth-order valence-electron chi connectivity index (χ4n) is 3.89. The number of pyridine rings is 1. The summed E-state index contributed by atoms with van der Waals surface area (Å²) in [6, 6.07) is 18.1. The maximum Gasteiger partial charge on any atom is 0.418 e. The van der Waals surface area contributed by atoms with Gasteiger partial charge in [-0.3, -0.25) is 4.98 Å². The van der Waals surface area contributed by atoms with Crippen LogP contribution in [0.1, 0.15) is 12.0 Å². The zero-order chi connectivity index (χ0) is 27.6. The molecular formula is C26H23F3N2O5S2. The van der Waals surface area contributed by atoms with Crippen molar-refractivity contribution in [3.63, 3.8) is 0 Å². The third-order valence-electron chi connectivity index (χ3n) is 5.58. The Balaban J connectivity index is 1.58. The van der Waals surface area contributed by atoms with Gasteiger partial charge in [-0.2, -0.15) is 13.2 Å². The van der Waals surface area contributed by atoms with Crippen molar-refractivity contribution in [2.24, 2.45) is 0 Å². The van der Waals surface area contributed by atoms with Gasteiger partial charge >= 0.3 is 6.18 Å². The molecule has 0 aliphatic carbocycles. The average molecular weight is 565 g/mol. The Bertz CT molecular complexity index is 1690. The fraction of sp³-hybridized carbons (Fsp3) is 0.192. The smallest absolute Gasteiger partial charge is 0.418 e. The monoisotopic (exact) mass is 564 g/mol. The Morgan fingerprint density at radius 3 is 2.29 bits per heavy atom. The first kappa shape index (κ1) is 27.6. The molecule has 0 saturated carbocycles. The maximum atomic E-state index is 13.5. The van der Waals surface area contributed by atoms with Gasteiger partial charge in [-0.05, 0) is 60.0 Å². The predicted molar refractivity (Wildman–Crippen MR) is 138 cm³/mol. The number of fused-ring (bicyclic) bond motifs is 1. The van der Waals surface area contributed by atoms with E-state index in [1.807, 2.05) is 0 Å². The third kappa shape index (κ3) is 6.69. The molecule has 0 aliphatic heterocycles. The largest absolute Gasteiger partial charge is 0.457 e. The highest BCUT2D eigenvalue weighted by molar-refractivity contribution is 7.91. The van der Waals surface area contributed by atoms with E-state index < -0.39 is 31.6 Å². The number of nitrogens with one attached hydrogen (secondary N) is 1. The van der Waals surface area contributed by atoms with Crippen molar-refractivity contribution in [2.45, 2.75) is 17.5 Å². The number of benzene rings is 3. The van der Waals surface area contributed by atoms with Crippen LogP contribution in [0, 0.1) is 0 Å². The molecule has 3 aromatic carbocycles. The molecule has 0 radical (unpaired) electrons. The number of sulfone groups is 1. The number of aromatic nitrogens is 1. The van der Waals surface area contributed by atoms with Crippen LogP contribution in [0.3, 0.4) is 0 Å². The third-order valence-corrected chi connectivity index (χ3v) is 8.10. The van der Waals surface area contributed by atoms with Crippen LogP contribution in [0.15, 0.2) is 83.9 Å². The highest BCUT2D eigenvalue weighted by Crippen LogP contribution is 2.37. The lowest BCUT2D eigenvalue weighted by Crippen LogP contribution is -2.24. The molecule has 0 atom stereocenters. The lowest BCUT2D eigenvalue weighted by Gasteiger charge is -2.13. The van der Waals surface area contributed by atoms with Crippen LogP contribution in [0.2, 0.25) is 0 Å². The second kappa shape index (κ2) is 10.7. The van der Waals surface area contributed by atoms with E-state index in [4.69, 9.17) is 4.74 Å². The lowest BCUT2D eigenvalue weighted by molar-refractivity contribution is -0.136. The van der Waals surface area contributed by atoms with Crippen molar-refractivity contribution in [3.05, 3.63) is 84.6 Å². The molecule has 1 aromatic heterocycles. The van der Waals surface area contributed by atoms with E-state index in [1.165, 1.54) is 30.5 Å². The normalized spacial score (nSPS) is 12.5. The summed E-state index contributed by atoms with van der Waals surface area (Å²) in [7, 11) is -7.11. The van der Waals surface area contributed by atoms with Crippen LogP contribution in [-0.4, -0.2) is 40.4 Å². The molecule has 4 rings (SSSR count). The molecule has 0 bridgehead atoms. The molecule has 0 unspecified atom stereocenters. The van der Waals surface area contributed by atoms with Gasteiger partial charge in [0.25, 0.3) is 0 Å². The zero-order valence-corrected chi connectivity index (χ0v) is 21.7. The number of ether oxygens (including phenoxy) is 1. The van der Waals surface area contributed by atoms with Gasteiger partial charge in [0.2, 0.25) is 10.0 Å². The van der Waals surface area contributed by atoms with E-state index in [2.05, 4.69) is 9.71 Å². The van der Waals surface area contributed by atoms with Crippen LogP contribution < -0.4 is 9.46 Å². The average Bonchev–Trinajstić information content (AvgIpc) is 2.85. The topological polar surface area (TPSA) is 102 Å². The maximum absolute atomic E-state index is 13.5. The number of alkyl halides is 3. The summed E-state index contributed by atoms with van der Waals surface area (Å²) < 4.78 is 96.3. The van der Waals surface area contributed by atoms with E-state index in [0.717, 1.165) is 12.3 Å². The minimum Gasteiger partial charge on any atom is -0.457 e. The Morgan fingerprint density at radius 1 is 0.895 bits per heavy atom. The number of hydrogen-bond donors (Lipinski definition) is 1. The summed E-state index contributed by atoms with van der Waals surface area (Å²) in [6.07, 6.45) is -2.14. The van der Waals surface area contributed by atoms with Gasteiger partial charge in [-0.25, -0.2) is 21.6 Å². The quantitative estimate of drug-likeness (QED) is 0.272. The van der Waals surface area contributed by atoms with Crippen molar-refractivity contribution in [1.29, 1.82) is 0 Å². The van der Waals surface area contributed by atoms with Crippen LogP contribution in [-0.2, 0) is 26.0 Å². The summed E-state index contributed by atoms with van der Waals surface area (Å²) >= 11 is 0. The van der Waals surface area contributed by atoms with E-state index in [0.29, 0.717) is 22.3 Å². The van der Waals surface area contributed by atoms with E-state index in [-0.39, 0.29) is 34.9 Å². The van der Waals surface area contributed by atoms with Gasteiger partial charge in [-0.15, -0.1) is 0 Å². The summed E-state index contributed by atoms with van der Waals surface area (Å²) in [5, 5.41) is 0.331. The molecule has 12 heteroatoms. The fourth-order valence-corrected chi connectivity index (χ4v) is 5.75. The SMILES string of the molecule is CS(=O)(=O)NCCCS(=O)(=O)c1cccc(Oc2cccc(-c3ccnc4c(C(F)(F)F)cccc34)c2)c1. The van der Waals surface area contributed by atoms with Crippen molar-refractivity contribution >= 4 is 30.8 Å². The molecule has 1 N–H and O–H groups in total. The molecule has 38 heavy (non-hydrogen) atoms. The number of nitrogens with zero attached hydrogens (tertiary/aromatic N) is 1. The standard InChI is InChI=1S/C26H23F3N2O5S2/c1-37(32,33)31-13-5-15-38(34,35)21-9-3-8-20(17-21)36-19-7-2-6-18(16-19)22-12-14-30-25-23(22)10-4-11-24(25)26(27,28)29/h2-4,6-12,14,16-17,31H,5,13,15H2,1H3. The van der Waals surface area contributed by atoms with Gasteiger partial charge in [0, 0.05) is 18.1 Å². The predicted octanol–water partition coefficient (Wildman–Crippen LogP) is 5.43. The minimum atomic E-state index is -4.55. The van der Waals surface area contributed by atoms with Crippen LogP contribution >= 0.6 is 0 Å². The Hall–Kier alpha value is -3.48. The molecule has 1 heterocycles. The Kier molecular flexibility index (Phi) is 7.77. The molecule has 0 aliphatic rings. The first-order valence-electron chi connectivity index (χ1n) is 11.3. The highest BCUT2D eigenvalue weighted by Gasteiger charge is 2.33. The Labute approximate surface area is 218 Å². The molecule has 4 aromatic rings. The van der Waals surface area contributed by atoms with Crippen molar-refractivity contribution in [1.82, 2.24) is 9.71 Å². The number of para-hydroxylation sites is 1. The second-order valence-electron chi connectivity index (χ2n) is 8.50. The second-order valence-corrected chi connectivity index (χ2v) is 12.4. The van der Waals surface area contributed by atoms with Gasteiger partial charge in [0.1, 0.15) is 11.5 Å². The molecule has 7 nitrogen and oxygen atoms in total. The van der Waals surface area contributed by atoms with E-state index in [1.54, 1.807) is 42.5 Å².